The Labute approximate surface area is 211 Å². The fraction of sp³-hybridized carbons (Fsp3) is 0.300. The number of benzene rings is 3. The van der Waals surface area contributed by atoms with E-state index in [1.807, 2.05) is 48.5 Å². The molecule has 0 aliphatic carbocycles. The third kappa shape index (κ3) is 6.93. The first kappa shape index (κ1) is 26.5. The highest BCUT2D eigenvalue weighted by Gasteiger charge is 2.50. The highest BCUT2D eigenvalue weighted by atomic mass is 28.4. The molecule has 1 N–H and O–H groups in total. The minimum absolute atomic E-state index is 0.0819. The first-order chi connectivity index (χ1) is 16.9. The molecule has 3 rings (SSSR count). The fourth-order valence-corrected chi connectivity index (χ4v) is 9.09. The number of rotatable bonds is 11. The lowest BCUT2D eigenvalue weighted by Gasteiger charge is -2.43. The molecule has 0 saturated carbocycles. The van der Waals surface area contributed by atoms with Crippen LogP contribution in [0.25, 0.3) is 0 Å². The van der Waals surface area contributed by atoms with Crippen LogP contribution < -0.4 is 15.7 Å². The van der Waals surface area contributed by atoms with E-state index in [4.69, 9.17) is 9.16 Å². The van der Waals surface area contributed by atoms with Crippen LogP contribution >= 0.6 is 0 Å². The third-order valence-corrected chi connectivity index (χ3v) is 11.2. The van der Waals surface area contributed by atoms with Crippen molar-refractivity contribution in [3.05, 3.63) is 109 Å². The summed E-state index contributed by atoms with van der Waals surface area (Å²) in [5, 5.41) is 5.30. The van der Waals surface area contributed by atoms with Crippen molar-refractivity contribution in [1.82, 2.24) is 5.32 Å². The summed E-state index contributed by atoms with van der Waals surface area (Å²) in [5.41, 5.74) is 0.959. The zero-order valence-corrected chi connectivity index (χ0v) is 22.1. The van der Waals surface area contributed by atoms with Gasteiger partial charge in [0.2, 0.25) is 0 Å². The lowest BCUT2D eigenvalue weighted by Crippen LogP contribution is -2.67. The van der Waals surface area contributed by atoms with E-state index in [2.05, 4.69) is 81.2 Å². The molecule has 35 heavy (non-hydrogen) atoms. The first-order valence-corrected chi connectivity index (χ1v) is 14.1. The minimum Gasteiger partial charge on any atom is -0.445 e. The van der Waals surface area contributed by atoms with Crippen LogP contribution in [0.5, 0.6) is 0 Å². The van der Waals surface area contributed by atoms with Crippen LogP contribution in [-0.2, 0) is 15.8 Å². The van der Waals surface area contributed by atoms with E-state index >= 15 is 0 Å². The number of hydrogen-bond acceptors (Lipinski definition) is 3. The molecule has 3 aromatic carbocycles. The van der Waals surface area contributed by atoms with E-state index in [0.29, 0.717) is 13.2 Å². The maximum atomic E-state index is 12.3. The summed E-state index contributed by atoms with van der Waals surface area (Å²) in [7, 11) is -2.63. The van der Waals surface area contributed by atoms with Gasteiger partial charge in [0, 0.05) is 19.1 Å². The first-order valence-electron chi connectivity index (χ1n) is 12.2. The average Bonchev–Trinajstić information content (AvgIpc) is 2.87. The van der Waals surface area contributed by atoms with Crippen molar-refractivity contribution in [1.29, 1.82) is 0 Å². The number of alkyl carbamates (subject to hydrolysis) is 1. The maximum Gasteiger partial charge on any atom is 0.407 e. The lowest BCUT2D eigenvalue weighted by molar-refractivity contribution is 0.135. The van der Waals surface area contributed by atoms with E-state index in [1.54, 1.807) is 0 Å². The standard InChI is InChI=1S/C30H37NO3Si/c1-5-15-26(22-31-29(32)33-23-25-16-9-6-10-17-25)24-34-35(30(2,3)4,27-18-11-7-12-19-27)28-20-13-8-14-21-28/h5-14,16-21,26H,1,15,22-24H2,2-4H3,(H,31,32)/t26-/m0/s1. The molecular weight excluding hydrogens is 450 g/mol. The molecule has 0 aliphatic heterocycles. The molecule has 1 amide bonds. The number of amides is 1. The molecule has 0 aliphatic rings. The smallest absolute Gasteiger partial charge is 0.407 e. The van der Waals surface area contributed by atoms with Crippen molar-refractivity contribution in [2.45, 2.75) is 38.8 Å². The monoisotopic (exact) mass is 487 g/mol. The quantitative estimate of drug-likeness (QED) is 0.280. The summed E-state index contributed by atoms with van der Waals surface area (Å²) in [6.45, 7) is 11.9. The molecule has 184 valence electrons. The van der Waals surface area contributed by atoms with E-state index in [1.165, 1.54) is 10.4 Å². The van der Waals surface area contributed by atoms with Gasteiger partial charge in [0.1, 0.15) is 6.61 Å². The predicted molar refractivity (Wildman–Crippen MR) is 147 cm³/mol. The maximum absolute atomic E-state index is 12.3. The van der Waals surface area contributed by atoms with Crippen LogP contribution in [0.4, 0.5) is 4.79 Å². The molecule has 0 bridgehead atoms. The van der Waals surface area contributed by atoms with Crippen molar-refractivity contribution < 1.29 is 14.0 Å². The highest BCUT2D eigenvalue weighted by Crippen LogP contribution is 2.37. The van der Waals surface area contributed by atoms with Crippen LogP contribution in [0.15, 0.2) is 104 Å². The van der Waals surface area contributed by atoms with Crippen LogP contribution in [0.3, 0.4) is 0 Å². The summed E-state index contributed by atoms with van der Waals surface area (Å²) in [6, 6.07) is 30.8. The normalized spacial score (nSPS) is 12.5. The summed E-state index contributed by atoms with van der Waals surface area (Å²) in [6.07, 6.45) is 2.20. The molecule has 0 unspecified atom stereocenters. The SMILES string of the molecule is C=CC[C@@H](CNC(=O)OCc1ccccc1)CO[Si](c1ccccc1)(c1ccccc1)C(C)(C)C. The molecule has 0 radical (unpaired) electrons. The van der Waals surface area contributed by atoms with Crippen molar-refractivity contribution >= 4 is 24.8 Å². The average molecular weight is 488 g/mol. The van der Waals surface area contributed by atoms with E-state index in [0.717, 1.165) is 12.0 Å². The van der Waals surface area contributed by atoms with Crippen LogP contribution in [0.1, 0.15) is 32.8 Å². The van der Waals surface area contributed by atoms with Crippen molar-refractivity contribution in [2.24, 2.45) is 5.92 Å². The Hall–Kier alpha value is -3.15. The highest BCUT2D eigenvalue weighted by molar-refractivity contribution is 6.99. The van der Waals surface area contributed by atoms with Crippen LogP contribution in [0.2, 0.25) is 5.04 Å². The lowest BCUT2D eigenvalue weighted by atomic mass is 10.1. The molecule has 0 spiro atoms. The number of nitrogens with one attached hydrogen (secondary N) is 1. The van der Waals surface area contributed by atoms with Gasteiger partial charge in [-0.25, -0.2) is 4.79 Å². The fourth-order valence-electron chi connectivity index (χ4n) is 4.45. The Morgan fingerprint density at radius 2 is 1.43 bits per heavy atom. The second-order valence-corrected chi connectivity index (χ2v) is 14.1. The Morgan fingerprint density at radius 1 is 0.914 bits per heavy atom. The van der Waals surface area contributed by atoms with Crippen molar-refractivity contribution in [3.8, 4) is 0 Å². The van der Waals surface area contributed by atoms with Gasteiger partial charge >= 0.3 is 6.09 Å². The van der Waals surface area contributed by atoms with Crippen molar-refractivity contribution in [2.75, 3.05) is 13.2 Å². The number of carbonyl (C=O) groups is 1. The van der Waals surface area contributed by atoms with Gasteiger partial charge in [-0.05, 0) is 27.4 Å². The van der Waals surface area contributed by atoms with Gasteiger partial charge in [-0.2, -0.15) is 0 Å². The molecule has 0 fully saturated rings. The summed E-state index contributed by atoms with van der Waals surface area (Å²) in [4.78, 5) is 12.3. The molecule has 0 saturated heterocycles. The van der Waals surface area contributed by atoms with Crippen molar-refractivity contribution in [3.63, 3.8) is 0 Å². The Morgan fingerprint density at radius 3 is 1.91 bits per heavy atom. The molecule has 3 aromatic rings. The number of hydrogen-bond donors (Lipinski definition) is 1. The second kappa shape index (κ2) is 12.5. The molecule has 5 heteroatoms. The summed E-state index contributed by atoms with van der Waals surface area (Å²) in [5.74, 6) is 0.0819. The molecule has 0 heterocycles. The summed E-state index contributed by atoms with van der Waals surface area (Å²) >= 11 is 0. The Kier molecular flexibility index (Phi) is 9.46. The Balaban J connectivity index is 1.75. The van der Waals surface area contributed by atoms with Gasteiger partial charge in [-0.3, -0.25) is 0 Å². The predicted octanol–water partition coefficient (Wildman–Crippen LogP) is 5.68. The molecule has 4 nitrogen and oxygen atoms in total. The molecular formula is C30H37NO3Si. The zero-order chi connectivity index (χ0) is 25.2. The van der Waals surface area contributed by atoms with E-state index in [-0.39, 0.29) is 17.6 Å². The van der Waals surface area contributed by atoms with E-state index in [9.17, 15) is 4.79 Å². The van der Waals surface area contributed by atoms with Gasteiger partial charge < -0.3 is 14.5 Å². The zero-order valence-electron chi connectivity index (χ0n) is 21.1. The van der Waals surface area contributed by atoms with Gasteiger partial charge in [0.05, 0.1) is 0 Å². The number of allylic oxidation sites excluding steroid dienone is 1. The topological polar surface area (TPSA) is 47.6 Å². The number of ether oxygens (including phenoxy) is 1. The second-order valence-electron chi connectivity index (χ2n) is 9.81. The van der Waals surface area contributed by atoms with Gasteiger partial charge in [0.15, 0.2) is 0 Å². The molecule has 1 atom stereocenters. The van der Waals surface area contributed by atoms with Crippen LogP contribution in [-0.4, -0.2) is 27.6 Å². The summed E-state index contributed by atoms with van der Waals surface area (Å²) < 4.78 is 12.4. The van der Waals surface area contributed by atoms with E-state index < -0.39 is 14.4 Å². The number of carbonyl (C=O) groups excluding carboxylic acids is 1. The third-order valence-electron chi connectivity index (χ3n) is 6.20. The minimum atomic E-state index is -2.63. The molecule has 0 aromatic heterocycles. The largest absolute Gasteiger partial charge is 0.445 e. The van der Waals surface area contributed by atoms with Gasteiger partial charge in [0.25, 0.3) is 8.32 Å². The Bertz CT molecular complexity index is 1010. The van der Waals surface area contributed by atoms with Gasteiger partial charge in [-0.1, -0.05) is 118 Å². The van der Waals surface area contributed by atoms with Crippen LogP contribution in [0, 0.1) is 5.92 Å². The van der Waals surface area contributed by atoms with Gasteiger partial charge in [-0.15, -0.1) is 6.58 Å².